The number of thiazole rings is 1. The maximum absolute atomic E-state index is 13.1. The van der Waals surface area contributed by atoms with Crippen LogP contribution in [0.3, 0.4) is 0 Å². The number of hydrogen-bond acceptors (Lipinski definition) is 4. The van der Waals surface area contributed by atoms with Crippen LogP contribution < -0.4 is 10.6 Å². The van der Waals surface area contributed by atoms with Crippen molar-refractivity contribution in [1.82, 2.24) is 10.3 Å². The lowest BCUT2D eigenvalue weighted by Crippen LogP contribution is -2.37. The van der Waals surface area contributed by atoms with Crippen molar-refractivity contribution >= 4 is 38.5 Å². The van der Waals surface area contributed by atoms with Crippen molar-refractivity contribution in [2.24, 2.45) is 0 Å². The number of aryl methyl sites for hydroxylation is 1. The molecule has 0 aliphatic carbocycles. The van der Waals surface area contributed by atoms with E-state index in [4.69, 9.17) is 0 Å². The molecule has 5 nitrogen and oxygen atoms in total. The van der Waals surface area contributed by atoms with Gasteiger partial charge >= 0.3 is 0 Å². The molecule has 0 saturated carbocycles. The first-order chi connectivity index (χ1) is 14.1. The summed E-state index contributed by atoms with van der Waals surface area (Å²) in [5.41, 5.74) is 3.12. The predicted octanol–water partition coefficient (Wildman–Crippen LogP) is 4.71. The van der Waals surface area contributed by atoms with E-state index >= 15 is 0 Å². The molecule has 1 unspecified atom stereocenters. The summed E-state index contributed by atoms with van der Waals surface area (Å²) in [6, 6.07) is 23.1. The summed E-state index contributed by atoms with van der Waals surface area (Å²) in [6.07, 6.45) is 0. The number of nitrogens with one attached hydrogen (secondary N) is 2. The van der Waals surface area contributed by atoms with E-state index < -0.39 is 6.04 Å². The van der Waals surface area contributed by atoms with Gasteiger partial charge in [0.15, 0.2) is 5.13 Å². The lowest BCUT2D eigenvalue weighted by atomic mass is 10.1. The summed E-state index contributed by atoms with van der Waals surface area (Å²) in [7, 11) is 0. The van der Waals surface area contributed by atoms with Gasteiger partial charge in [0.25, 0.3) is 11.8 Å². The minimum absolute atomic E-state index is 0.310. The Morgan fingerprint density at radius 1 is 0.897 bits per heavy atom. The maximum Gasteiger partial charge on any atom is 0.253 e. The van der Waals surface area contributed by atoms with Crippen LogP contribution in [0.2, 0.25) is 0 Å². The number of nitrogens with zero attached hydrogens (tertiary/aromatic N) is 1. The van der Waals surface area contributed by atoms with E-state index in [1.165, 1.54) is 11.3 Å². The number of aromatic nitrogens is 1. The van der Waals surface area contributed by atoms with E-state index in [1.807, 2.05) is 61.5 Å². The highest BCUT2D eigenvalue weighted by atomic mass is 32.1. The second kappa shape index (κ2) is 8.24. The molecule has 0 aliphatic heterocycles. The molecule has 2 N–H and O–H groups in total. The van der Waals surface area contributed by atoms with Gasteiger partial charge < -0.3 is 5.32 Å². The van der Waals surface area contributed by atoms with Gasteiger partial charge in [0.05, 0.1) is 10.2 Å². The lowest BCUT2D eigenvalue weighted by Gasteiger charge is -2.18. The van der Waals surface area contributed by atoms with Crippen LogP contribution in [-0.4, -0.2) is 16.8 Å². The lowest BCUT2D eigenvalue weighted by molar-refractivity contribution is -0.118. The van der Waals surface area contributed by atoms with Gasteiger partial charge in [-0.05, 0) is 36.2 Å². The minimum Gasteiger partial charge on any atom is -0.336 e. The van der Waals surface area contributed by atoms with Gasteiger partial charge in [-0.15, -0.1) is 0 Å². The standard InChI is InChI=1S/C23H19N3O2S/c1-15-9-8-14-18-19(15)25-23(29-18)26-22(28)20(16-10-4-2-5-11-16)24-21(27)17-12-6-3-7-13-17/h2-14,20H,1H3,(H,24,27)(H,25,26,28). The van der Waals surface area contributed by atoms with Gasteiger partial charge in [0.2, 0.25) is 0 Å². The first kappa shape index (κ1) is 18.8. The average molecular weight is 401 g/mol. The Hall–Kier alpha value is -3.51. The second-order valence-corrected chi connectivity index (χ2v) is 7.64. The second-order valence-electron chi connectivity index (χ2n) is 6.61. The number of hydrogen-bond donors (Lipinski definition) is 2. The molecule has 1 atom stereocenters. The summed E-state index contributed by atoms with van der Waals surface area (Å²) in [6.45, 7) is 1.99. The molecule has 1 heterocycles. The van der Waals surface area contributed by atoms with Gasteiger partial charge in [-0.25, -0.2) is 4.98 Å². The minimum atomic E-state index is -0.836. The van der Waals surface area contributed by atoms with Crippen LogP contribution >= 0.6 is 11.3 Å². The fraction of sp³-hybridized carbons (Fsp3) is 0.0870. The summed E-state index contributed by atoms with van der Waals surface area (Å²) in [4.78, 5) is 30.3. The molecule has 2 amide bonds. The van der Waals surface area contributed by atoms with E-state index in [-0.39, 0.29) is 11.8 Å². The van der Waals surface area contributed by atoms with Crippen molar-refractivity contribution in [1.29, 1.82) is 0 Å². The van der Waals surface area contributed by atoms with Crippen molar-refractivity contribution in [3.63, 3.8) is 0 Å². The van der Waals surface area contributed by atoms with Crippen molar-refractivity contribution in [3.8, 4) is 0 Å². The van der Waals surface area contributed by atoms with Crippen LogP contribution in [0.15, 0.2) is 78.9 Å². The predicted molar refractivity (Wildman–Crippen MR) is 116 cm³/mol. The monoisotopic (exact) mass is 401 g/mol. The van der Waals surface area contributed by atoms with E-state index in [2.05, 4.69) is 15.6 Å². The largest absolute Gasteiger partial charge is 0.336 e. The quantitative estimate of drug-likeness (QED) is 0.509. The molecule has 0 spiro atoms. The first-order valence-corrected chi connectivity index (χ1v) is 10.0. The Balaban J connectivity index is 1.60. The zero-order chi connectivity index (χ0) is 20.2. The van der Waals surface area contributed by atoms with Gasteiger partial charge in [-0.1, -0.05) is 72.0 Å². The zero-order valence-electron chi connectivity index (χ0n) is 15.8. The van der Waals surface area contributed by atoms with Gasteiger partial charge in [-0.3, -0.25) is 14.9 Å². The zero-order valence-corrected chi connectivity index (χ0v) is 16.6. The van der Waals surface area contributed by atoms with Crippen LogP contribution in [0, 0.1) is 6.92 Å². The molecular weight excluding hydrogens is 382 g/mol. The molecule has 4 aromatic rings. The van der Waals surface area contributed by atoms with Crippen LogP contribution in [0.4, 0.5) is 5.13 Å². The molecule has 144 valence electrons. The first-order valence-electron chi connectivity index (χ1n) is 9.20. The number of carbonyl (C=O) groups excluding carboxylic acids is 2. The van der Waals surface area contributed by atoms with Gasteiger partial charge in [0, 0.05) is 5.56 Å². The molecule has 1 aromatic heterocycles. The normalized spacial score (nSPS) is 11.8. The van der Waals surface area contributed by atoms with E-state index in [9.17, 15) is 9.59 Å². The third-order valence-corrected chi connectivity index (χ3v) is 5.49. The summed E-state index contributed by atoms with van der Waals surface area (Å²) in [5, 5.41) is 6.22. The average Bonchev–Trinajstić information content (AvgIpc) is 3.17. The molecule has 3 aromatic carbocycles. The number of amides is 2. The fourth-order valence-electron chi connectivity index (χ4n) is 3.07. The molecule has 0 saturated heterocycles. The highest BCUT2D eigenvalue weighted by Crippen LogP contribution is 2.28. The van der Waals surface area contributed by atoms with Gasteiger partial charge in [0.1, 0.15) is 6.04 Å². The molecule has 0 radical (unpaired) electrons. The van der Waals surface area contributed by atoms with Gasteiger partial charge in [-0.2, -0.15) is 0 Å². The summed E-state index contributed by atoms with van der Waals surface area (Å²) in [5.74, 6) is -0.646. The number of para-hydroxylation sites is 1. The Labute approximate surface area is 172 Å². The number of benzene rings is 3. The molecule has 0 aliphatic rings. The molecule has 4 rings (SSSR count). The number of rotatable bonds is 5. The third-order valence-electron chi connectivity index (χ3n) is 4.56. The molecule has 29 heavy (non-hydrogen) atoms. The Morgan fingerprint density at radius 2 is 1.59 bits per heavy atom. The van der Waals surface area contributed by atoms with Crippen molar-refractivity contribution in [3.05, 3.63) is 95.6 Å². The Bertz CT molecular complexity index is 1160. The number of anilines is 1. The van der Waals surface area contributed by atoms with Crippen LogP contribution in [-0.2, 0) is 4.79 Å². The highest BCUT2D eigenvalue weighted by Gasteiger charge is 2.24. The highest BCUT2D eigenvalue weighted by molar-refractivity contribution is 7.22. The fourth-order valence-corrected chi connectivity index (χ4v) is 4.01. The molecular formula is C23H19N3O2S. The van der Waals surface area contributed by atoms with Crippen LogP contribution in [0.5, 0.6) is 0 Å². The van der Waals surface area contributed by atoms with Crippen molar-refractivity contribution in [2.75, 3.05) is 5.32 Å². The Morgan fingerprint density at radius 3 is 2.28 bits per heavy atom. The SMILES string of the molecule is Cc1cccc2sc(NC(=O)C(NC(=O)c3ccccc3)c3ccccc3)nc12. The maximum atomic E-state index is 13.1. The molecule has 6 heteroatoms. The van der Waals surface area contributed by atoms with Crippen LogP contribution in [0.1, 0.15) is 27.5 Å². The smallest absolute Gasteiger partial charge is 0.253 e. The Kier molecular flexibility index (Phi) is 5.35. The topological polar surface area (TPSA) is 71.1 Å². The van der Waals surface area contributed by atoms with Crippen molar-refractivity contribution < 1.29 is 9.59 Å². The summed E-state index contributed by atoms with van der Waals surface area (Å²) < 4.78 is 1.00. The van der Waals surface area contributed by atoms with E-state index in [0.29, 0.717) is 16.3 Å². The summed E-state index contributed by atoms with van der Waals surface area (Å²) >= 11 is 1.41. The third kappa shape index (κ3) is 4.17. The van der Waals surface area contributed by atoms with Crippen LogP contribution in [0.25, 0.3) is 10.2 Å². The van der Waals surface area contributed by atoms with E-state index in [0.717, 1.165) is 15.8 Å². The number of carbonyl (C=O) groups is 2. The molecule has 0 bridgehead atoms. The van der Waals surface area contributed by atoms with E-state index in [1.54, 1.807) is 24.3 Å². The van der Waals surface area contributed by atoms with Crippen molar-refractivity contribution in [2.45, 2.75) is 13.0 Å². The number of fused-ring (bicyclic) bond motifs is 1. The molecule has 0 fully saturated rings.